The monoisotopic (exact) mass is 559 g/mol. The molecule has 0 radical (unpaired) electrons. The van der Waals surface area contributed by atoms with Gasteiger partial charge in [-0.1, -0.05) is 24.3 Å². The Kier molecular flexibility index (Phi) is 9.47. The van der Waals surface area contributed by atoms with Crippen LogP contribution in [0.5, 0.6) is 0 Å². The Balaban J connectivity index is 1.17. The predicted molar refractivity (Wildman–Crippen MR) is 145 cm³/mol. The van der Waals surface area contributed by atoms with Gasteiger partial charge in [0, 0.05) is 68.5 Å². The lowest BCUT2D eigenvalue weighted by molar-refractivity contribution is -0.137. The zero-order valence-corrected chi connectivity index (χ0v) is 22.8. The van der Waals surface area contributed by atoms with Gasteiger partial charge in [-0.2, -0.15) is 13.2 Å². The fourth-order valence-corrected chi connectivity index (χ4v) is 5.34. The molecular weight excluding hydrogens is 523 g/mol. The van der Waals surface area contributed by atoms with Crippen molar-refractivity contribution in [3.05, 3.63) is 71.3 Å². The van der Waals surface area contributed by atoms with Crippen LogP contribution in [0, 0.1) is 0 Å². The summed E-state index contributed by atoms with van der Waals surface area (Å²) in [7, 11) is 0. The lowest BCUT2D eigenvalue weighted by Crippen LogP contribution is -2.59. The molecule has 0 spiro atoms. The molecule has 216 valence electrons. The van der Waals surface area contributed by atoms with Gasteiger partial charge in [-0.15, -0.1) is 0 Å². The summed E-state index contributed by atoms with van der Waals surface area (Å²) in [4.78, 5) is 44.2. The molecule has 0 aliphatic carbocycles. The van der Waals surface area contributed by atoms with Crippen molar-refractivity contribution in [2.75, 3.05) is 45.8 Å². The molecule has 2 aliphatic heterocycles. The van der Waals surface area contributed by atoms with Crippen LogP contribution >= 0.6 is 0 Å². The zero-order valence-electron chi connectivity index (χ0n) is 22.8. The van der Waals surface area contributed by atoms with Gasteiger partial charge in [0.25, 0.3) is 11.8 Å². The van der Waals surface area contributed by atoms with Crippen LogP contribution in [0.1, 0.15) is 46.5 Å². The molecule has 2 saturated heterocycles. The summed E-state index contributed by atoms with van der Waals surface area (Å²) >= 11 is 0. The van der Waals surface area contributed by atoms with E-state index in [0.717, 1.165) is 50.8 Å². The van der Waals surface area contributed by atoms with E-state index >= 15 is 0 Å². The quantitative estimate of drug-likeness (QED) is 0.520. The number of nitrogens with one attached hydrogen (secondary N) is 2. The van der Waals surface area contributed by atoms with Gasteiger partial charge < -0.3 is 15.5 Å². The number of likely N-dealkylation sites (tertiary alicyclic amines) is 1. The molecule has 40 heavy (non-hydrogen) atoms. The van der Waals surface area contributed by atoms with Crippen LogP contribution in [0.25, 0.3) is 0 Å². The number of nitrogens with zero attached hydrogens (tertiary/aromatic N) is 3. The van der Waals surface area contributed by atoms with Crippen molar-refractivity contribution >= 4 is 17.7 Å². The van der Waals surface area contributed by atoms with Crippen LogP contribution in [0.4, 0.5) is 13.2 Å². The summed E-state index contributed by atoms with van der Waals surface area (Å²) in [6.07, 6.45) is -3.77. The highest BCUT2D eigenvalue weighted by molar-refractivity contribution is 5.96. The minimum Gasteiger partial charge on any atom is -0.350 e. The highest BCUT2D eigenvalue weighted by Gasteiger charge is 2.33. The smallest absolute Gasteiger partial charge is 0.350 e. The number of rotatable bonds is 8. The third-order valence-electron chi connectivity index (χ3n) is 7.60. The summed E-state index contributed by atoms with van der Waals surface area (Å²) in [6, 6.07) is 13.7. The molecule has 0 aromatic heterocycles. The van der Waals surface area contributed by atoms with Gasteiger partial charge in [0.05, 0.1) is 12.1 Å². The van der Waals surface area contributed by atoms with E-state index in [1.807, 2.05) is 35.2 Å². The Hall–Kier alpha value is -3.44. The minimum absolute atomic E-state index is 0.0590. The second-order valence-corrected chi connectivity index (χ2v) is 10.6. The third kappa shape index (κ3) is 7.60. The van der Waals surface area contributed by atoms with E-state index in [-0.39, 0.29) is 42.0 Å². The summed E-state index contributed by atoms with van der Waals surface area (Å²) in [6.45, 7) is 8.56. The van der Waals surface area contributed by atoms with Gasteiger partial charge in [-0.05, 0) is 50.6 Å². The first-order valence-electron chi connectivity index (χ1n) is 13.6. The fraction of sp³-hybridized carbons (Fsp3) is 0.483. The summed E-state index contributed by atoms with van der Waals surface area (Å²) in [5.74, 6) is -1.05. The van der Waals surface area contributed by atoms with Crippen molar-refractivity contribution < 1.29 is 27.6 Å². The van der Waals surface area contributed by atoms with E-state index in [2.05, 4.69) is 34.3 Å². The Morgan fingerprint density at radius 2 is 1.62 bits per heavy atom. The van der Waals surface area contributed by atoms with E-state index in [4.69, 9.17) is 0 Å². The van der Waals surface area contributed by atoms with Crippen molar-refractivity contribution in [3.63, 3.8) is 0 Å². The number of carbonyl (C=O) groups is 3. The first kappa shape index (κ1) is 29.5. The average Bonchev–Trinajstić information content (AvgIpc) is 3.38. The molecule has 0 bridgehead atoms. The number of hydrogen-bond acceptors (Lipinski definition) is 5. The Morgan fingerprint density at radius 1 is 0.900 bits per heavy atom. The first-order chi connectivity index (χ1) is 19.0. The summed E-state index contributed by atoms with van der Waals surface area (Å²) in [5, 5.41) is 5.30. The van der Waals surface area contributed by atoms with Crippen molar-refractivity contribution in [1.82, 2.24) is 25.3 Å². The Labute approximate surface area is 232 Å². The topological polar surface area (TPSA) is 85.0 Å². The van der Waals surface area contributed by atoms with E-state index in [1.165, 1.54) is 6.07 Å². The number of halogens is 3. The largest absolute Gasteiger partial charge is 0.416 e. The molecule has 3 atom stereocenters. The second kappa shape index (κ2) is 12.8. The lowest BCUT2D eigenvalue weighted by atomic mass is 10.1. The molecule has 3 amide bonds. The van der Waals surface area contributed by atoms with E-state index in [0.29, 0.717) is 18.7 Å². The van der Waals surface area contributed by atoms with Gasteiger partial charge in [-0.3, -0.25) is 24.2 Å². The zero-order chi connectivity index (χ0) is 28.9. The van der Waals surface area contributed by atoms with Crippen LogP contribution in [0.3, 0.4) is 0 Å². The highest BCUT2D eigenvalue weighted by atomic mass is 19.4. The minimum atomic E-state index is -4.55. The number of amides is 3. The maximum atomic E-state index is 13.0. The van der Waals surface area contributed by atoms with Crippen LogP contribution in [-0.2, 0) is 11.0 Å². The fourth-order valence-electron chi connectivity index (χ4n) is 5.34. The Morgan fingerprint density at radius 3 is 2.35 bits per heavy atom. The predicted octanol–water partition coefficient (Wildman–Crippen LogP) is 2.86. The molecule has 2 fully saturated rings. The molecule has 2 N–H and O–H groups in total. The lowest BCUT2D eigenvalue weighted by Gasteiger charge is -2.44. The maximum Gasteiger partial charge on any atom is 0.416 e. The third-order valence-corrected chi connectivity index (χ3v) is 7.60. The van der Waals surface area contributed by atoms with E-state index < -0.39 is 17.6 Å². The van der Waals surface area contributed by atoms with Gasteiger partial charge in [-0.25, -0.2) is 0 Å². The molecule has 2 heterocycles. The van der Waals surface area contributed by atoms with Gasteiger partial charge in [0.1, 0.15) is 0 Å². The molecule has 0 saturated carbocycles. The van der Waals surface area contributed by atoms with Crippen LogP contribution in [0.2, 0.25) is 0 Å². The molecular formula is C29H36F3N5O3. The molecule has 11 heteroatoms. The SMILES string of the molecule is CC1CN(C(=O)c2ccccc2)C(C)CN1CCN1CC[C@@H](NC(=O)CNC(=O)c2cccc(C(F)(F)F)c2)C1. The molecule has 4 rings (SSSR count). The normalized spacial score (nSPS) is 22.2. The van der Waals surface area contributed by atoms with Crippen molar-refractivity contribution in [1.29, 1.82) is 0 Å². The van der Waals surface area contributed by atoms with E-state index in [9.17, 15) is 27.6 Å². The average molecular weight is 560 g/mol. The molecule has 8 nitrogen and oxygen atoms in total. The van der Waals surface area contributed by atoms with E-state index in [1.54, 1.807) is 0 Å². The standard InChI is InChI=1S/C29H36F3N5O3/c1-20-18-37(28(40)22-7-4-3-5-8-22)21(2)17-36(20)14-13-35-12-11-25(19-35)34-26(38)16-33-27(39)23-9-6-10-24(15-23)29(30,31)32/h3-10,15,20-21,25H,11-14,16-19H2,1-2H3,(H,33,39)(H,34,38)/t20?,21?,25-/m1/s1. The number of benzene rings is 2. The number of carbonyl (C=O) groups excluding carboxylic acids is 3. The van der Waals surface area contributed by atoms with Crippen molar-refractivity contribution in [2.24, 2.45) is 0 Å². The van der Waals surface area contributed by atoms with Gasteiger partial charge >= 0.3 is 6.18 Å². The second-order valence-electron chi connectivity index (χ2n) is 10.6. The first-order valence-corrected chi connectivity index (χ1v) is 13.6. The van der Waals surface area contributed by atoms with Crippen LogP contribution in [0.15, 0.2) is 54.6 Å². The van der Waals surface area contributed by atoms with Gasteiger partial charge in [0.2, 0.25) is 5.91 Å². The number of hydrogen-bond donors (Lipinski definition) is 2. The molecule has 2 aliphatic rings. The summed E-state index contributed by atoms with van der Waals surface area (Å²) < 4.78 is 38.7. The van der Waals surface area contributed by atoms with Gasteiger partial charge in [0.15, 0.2) is 0 Å². The summed E-state index contributed by atoms with van der Waals surface area (Å²) in [5.41, 5.74) is -0.360. The van der Waals surface area contributed by atoms with Crippen LogP contribution in [-0.4, -0.2) is 96.4 Å². The maximum absolute atomic E-state index is 13.0. The molecule has 2 aromatic carbocycles. The molecule has 2 aromatic rings. The van der Waals surface area contributed by atoms with Crippen molar-refractivity contribution in [3.8, 4) is 0 Å². The number of alkyl halides is 3. The molecule has 2 unspecified atom stereocenters. The van der Waals surface area contributed by atoms with Crippen LogP contribution < -0.4 is 10.6 Å². The van der Waals surface area contributed by atoms with Crippen molar-refractivity contribution in [2.45, 2.75) is 44.6 Å². The highest BCUT2D eigenvalue weighted by Crippen LogP contribution is 2.29. The Bertz CT molecular complexity index is 1190. The number of piperazine rings is 1.